The number of fused-ring (bicyclic) bond motifs is 1. The summed E-state index contributed by atoms with van der Waals surface area (Å²) in [5.41, 5.74) is 1.60. The van der Waals surface area contributed by atoms with Crippen LogP contribution in [0.5, 0.6) is 11.5 Å². The van der Waals surface area contributed by atoms with Crippen molar-refractivity contribution in [3.8, 4) is 17.2 Å². The molecule has 0 unspecified atom stereocenters. The average molecular weight is 371 g/mol. The van der Waals surface area contributed by atoms with Crippen molar-refractivity contribution in [2.24, 2.45) is 0 Å². The van der Waals surface area contributed by atoms with E-state index in [0.29, 0.717) is 33.7 Å². The van der Waals surface area contributed by atoms with Gasteiger partial charge in [-0.1, -0.05) is 30.3 Å². The molecule has 0 saturated carbocycles. The molecule has 0 aliphatic heterocycles. The Morgan fingerprint density at radius 3 is 2.64 bits per heavy atom. The standard InChI is InChI=1S/C22H17N3O3/c1-28-19-9-5-6-15(21(19)26)10-11-20-24-18-12-13-23-14-17(18)22(27)25(20)16-7-3-2-4-8-16/h2-14,26H,1H3. The van der Waals surface area contributed by atoms with Crippen molar-refractivity contribution < 1.29 is 9.84 Å². The Kier molecular flexibility index (Phi) is 4.60. The van der Waals surface area contributed by atoms with Gasteiger partial charge in [-0.15, -0.1) is 0 Å². The summed E-state index contributed by atoms with van der Waals surface area (Å²) in [7, 11) is 1.49. The summed E-state index contributed by atoms with van der Waals surface area (Å²) in [4.78, 5) is 21.8. The van der Waals surface area contributed by atoms with Crippen LogP contribution in [0.25, 0.3) is 28.7 Å². The maximum atomic E-state index is 13.1. The fraction of sp³-hybridized carbons (Fsp3) is 0.0455. The number of aromatic hydroxyl groups is 1. The molecular weight excluding hydrogens is 354 g/mol. The Morgan fingerprint density at radius 2 is 1.86 bits per heavy atom. The first kappa shape index (κ1) is 17.5. The van der Waals surface area contributed by atoms with E-state index >= 15 is 0 Å². The fourth-order valence-electron chi connectivity index (χ4n) is 2.99. The molecule has 0 aliphatic carbocycles. The van der Waals surface area contributed by atoms with Gasteiger partial charge in [-0.2, -0.15) is 0 Å². The highest BCUT2D eigenvalue weighted by molar-refractivity contribution is 5.79. The summed E-state index contributed by atoms with van der Waals surface area (Å²) in [6.07, 6.45) is 6.52. The smallest absolute Gasteiger partial charge is 0.267 e. The maximum absolute atomic E-state index is 13.1. The second-order valence-electron chi connectivity index (χ2n) is 6.07. The highest BCUT2D eigenvalue weighted by Crippen LogP contribution is 2.30. The molecule has 0 saturated heterocycles. The Balaban J connectivity index is 1.92. The van der Waals surface area contributed by atoms with E-state index in [-0.39, 0.29) is 11.3 Å². The lowest BCUT2D eigenvalue weighted by molar-refractivity contribution is 0.373. The first-order valence-corrected chi connectivity index (χ1v) is 8.65. The molecule has 4 rings (SSSR count). The Labute approximate surface area is 161 Å². The van der Waals surface area contributed by atoms with Crippen LogP contribution in [0, 0.1) is 0 Å². The van der Waals surface area contributed by atoms with Gasteiger partial charge in [0.05, 0.1) is 23.7 Å². The van der Waals surface area contributed by atoms with E-state index in [4.69, 9.17) is 4.74 Å². The molecule has 0 aliphatic rings. The minimum Gasteiger partial charge on any atom is -0.504 e. The molecule has 6 nitrogen and oxygen atoms in total. The Bertz CT molecular complexity index is 1230. The van der Waals surface area contributed by atoms with E-state index in [0.717, 1.165) is 0 Å². The van der Waals surface area contributed by atoms with Crippen LogP contribution in [-0.2, 0) is 0 Å². The monoisotopic (exact) mass is 371 g/mol. The van der Waals surface area contributed by atoms with Crippen LogP contribution in [0.2, 0.25) is 0 Å². The average Bonchev–Trinajstić information content (AvgIpc) is 2.74. The van der Waals surface area contributed by atoms with Crippen molar-refractivity contribution in [1.82, 2.24) is 14.5 Å². The largest absolute Gasteiger partial charge is 0.504 e. The number of methoxy groups -OCH3 is 1. The molecule has 4 aromatic rings. The van der Waals surface area contributed by atoms with Crippen molar-refractivity contribution in [2.45, 2.75) is 0 Å². The lowest BCUT2D eigenvalue weighted by Crippen LogP contribution is -2.22. The Morgan fingerprint density at radius 1 is 1.04 bits per heavy atom. The number of aromatic nitrogens is 3. The summed E-state index contributed by atoms with van der Waals surface area (Å²) >= 11 is 0. The van der Waals surface area contributed by atoms with E-state index in [1.165, 1.54) is 17.9 Å². The van der Waals surface area contributed by atoms with E-state index in [2.05, 4.69) is 9.97 Å². The molecule has 0 amide bonds. The van der Waals surface area contributed by atoms with Crippen molar-refractivity contribution in [2.75, 3.05) is 7.11 Å². The molecule has 2 heterocycles. The van der Waals surface area contributed by atoms with Gasteiger partial charge in [0.2, 0.25) is 0 Å². The van der Waals surface area contributed by atoms with E-state index in [9.17, 15) is 9.90 Å². The number of ether oxygens (including phenoxy) is 1. The van der Waals surface area contributed by atoms with Crippen LogP contribution in [0.4, 0.5) is 0 Å². The minimum absolute atomic E-state index is 0.0276. The van der Waals surface area contributed by atoms with E-state index in [1.807, 2.05) is 30.3 Å². The van der Waals surface area contributed by atoms with Gasteiger partial charge in [0.1, 0.15) is 5.82 Å². The third-order valence-electron chi connectivity index (χ3n) is 4.37. The molecule has 28 heavy (non-hydrogen) atoms. The number of para-hydroxylation sites is 2. The highest BCUT2D eigenvalue weighted by atomic mass is 16.5. The molecule has 0 bridgehead atoms. The van der Waals surface area contributed by atoms with Gasteiger partial charge in [0.25, 0.3) is 5.56 Å². The van der Waals surface area contributed by atoms with Crippen LogP contribution in [0.15, 0.2) is 71.8 Å². The van der Waals surface area contributed by atoms with Crippen LogP contribution in [-0.4, -0.2) is 26.8 Å². The van der Waals surface area contributed by atoms with Crippen molar-refractivity contribution >= 4 is 23.1 Å². The van der Waals surface area contributed by atoms with E-state index < -0.39 is 0 Å². The third-order valence-corrected chi connectivity index (χ3v) is 4.37. The lowest BCUT2D eigenvalue weighted by atomic mass is 10.1. The fourth-order valence-corrected chi connectivity index (χ4v) is 2.99. The van der Waals surface area contributed by atoms with Gasteiger partial charge >= 0.3 is 0 Å². The zero-order valence-electron chi connectivity index (χ0n) is 15.1. The number of nitrogens with zero attached hydrogens (tertiary/aromatic N) is 3. The van der Waals surface area contributed by atoms with Gasteiger partial charge in [-0.3, -0.25) is 14.3 Å². The molecule has 0 spiro atoms. The summed E-state index contributed by atoms with van der Waals surface area (Å²) in [6, 6.07) is 16.2. The predicted molar refractivity (Wildman–Crippen MR) is 109 cm³/mol. The molecule has 0 radical (unpaired) electrons. The maximum Gasteiger partial charge on any atom is 0.267 e. The zero-order valence-corrected chi connectivity index (χ0v) is 15.1. The molecule has 0 fully saturated rings. The Hall–Kier alpha value is -3.93. The van der Waals surface area contributed by atoms with E-state index in [1.54, 1.807) is 42.6 Å². The topological polar surface area (TPSA) is 77.2 Å². The highest BCUT2D eigenvalue weighted by Gasteiger charge is 2.11. The van der Waals surface area contributed by atoms with Crippen molar-refractivity contribution in [1.29, 1.82) is 0 Å². The summed E-state index contributed by atoms with van der Waals surface area (Å²) in [6.45, 7) is 0. The van der Waals surface area contributed by atoms with Crippen LogP contribution < -0.4 is 10.3 Å². The lowest BCUT2D eigenvalue weighted by Gasteiger charge is -2.11. The molecule has 1 N–H and O–H groups in total. The molecule has 0 atom stereocenters. The summed E-state index contributed by atoms with van der Waals surface area (Å²) in [5, 5.41) is 10.7. The number of hydrogen-bond donors (Lipinski definition) is 1. The first-order chi connectivity index (χ1) is 13.7. The molecule has 6 heteroatoms. The summed E-state index contributed by atoms with van der Waals surface area (Å²) in [5.74, 6) is 0.845. The van der Waals surface area contributed by atoms with Gasteiger partial charge < -0.3 is 9.84 Å². The SMILES string of the molecule is COc1cccc(C=Cc2nc3ccncc3c(=O)n2-c2ccccc2)c1O. The quantitative estimate of drug-likeness (QED) is 0.592. The van der Waals surface area contributed by atoms with Gasteiger partial charge in [0.15, 0.2) is 11.5 Å². The number of phenolic OH excluding ortho intramolecular Hbond substituents is 1. The van der Waals surface area contributed by atoms with Gasteiger partial charge in [0, 0.05) is 18.0 Å². The van der Waals surface area contributed by atoms with Crippen LogP contribution in [0.1, 0.15) is 11.4 Å². The zero-order chi connectivity index (χ0) is 19.5. The first-order valence-electron chi connectivity index (χ1n) is 8.65. The summed E-state index contributed by atoms with van der Waals surface area (Å²) < 4.78 is 6.67. The molecular formula is C22H17N3O3. The second kappa shape index (κ2) is 7.36. The van der Waals surface area contributed by atoms with Gasteiger partial charge in [-0.05, 0) is 36.4 Å². The van der Waals surface area contributed by atoms with Crippen molar-refractivity contribution in [3.05, 3.63) is 88.7 Å². The van der Waals surface area contributed by atoms with Gasteiger partial charge in [-0.25, -0.2) is 4.98 Å². The number of pyridine rings is 1. The second-order valence-corrected chi connectivity index (χ2v) is 6.07. The predicted octanol–water partition coefficient (Wildman–Crippen LogP) is 3.67. The number of benzene rings is 2. The molecule has 138 valence electrons. The number of hydrogen-bond acceptors (Lipinski definition) is 5. The van der Waals surface area contributed by atoms with Crippen molar-refractivity contribution in [3.63, 3.8) is 0 Å². The number of phenols is 1. The normalized spacial score (nSPS) is 11.2. The number of rotatable bonds is 4. The molecule has 2 aromatic heterocycles. The third kappa shape index (κ3) is 3.12. The minimum atomic E-state index is -0.209. The van der Waals surface area contributed by atoms with Crippen LogP contribution >= 0.6 is 0 Å². The van der Waals surface area contributed by atoms with Crippen LogP contribution in [0.3, 0.4) is 0 Å². The molecule has 2 aromatic carbocycles.